The number of hydrogen-bond acceptors (Lipinski definition) is 5. The molecule has 5 nitrogen and oxygen atoms in total. The number of rotatable bonds is 6. The molecule has 0 aliphatic heterocycles. The third-order valence-electron chi connectivity index (χ3n) is 2.52. The van der Waals surface area contributed by atoms with Gasteiger partial charge in [-0.25, -0.2) is 0 Å². The summed E-state index contributed by atoms with van der Waals surface area (Å²) in [5.74, 6) is 1.40. The van der Waals surface area contributed by atoms with E-state index in [1.54, 1.807) is 7.11 Å². The van der Waals surface area contributed by atoms with Crippen molar-refractivity contribution in [3.63, 3.8) is 0 Å². The summed E-state index contributed by atoms with van der Waals surface area (Å²) < 4.78 is 10.2. The van der Waals surface area contributed by atoms with Gasteiger partial charge in [0.25, 0.3) is 0 Å². The van der Waals surface area contributed by atoms with Gasteiger partial charge >= 0.3 is 0 Å². The highest BCUT2D eigenvalue weighted by molar-refractivity contribution is 6.31. The number of ether oxygens (including phenoxy) is 1. The van der Waals surface area contributed by atoms with Gasteiger partial charge < -0.3 is 14.6 Å². The van der Waals surface area contributed by atoms with E-state index in [-0.39, 0.29) is 0 Å². The third-order valence-corrected chi connectivity index (χ3v) is 2.87. The zero-order valence-corrected chi connectivity index (χ0v) is 10.8. The van der Waals surface area contributed by atoms with Crippen LogP contribution >= 0.6 is 11.6 Å². The van der Waals surface area contributed by atoms with Crippen molar-refractivity contribution in [1.29, 1.82) is 0 Å². The lowest BCUT2D eigenvalue weighted by atomic mass is 10.2. The summed E-state index contributed by atoms with van der Waals surface area (Å²) in [6, 6.07) is 5.60. The first-order chi connectivity index (χ1) is 8.81. The Hall–Kier alpha value is -1.59. The van der Waals surface area contributed by atoms with Crippen LogP contribution in [0, 0.1) is 0 Å². The number of halogens is 1. The number of nitrogens with one attached hydrogen (secondary N) is 1. The Kier molecular flexibility index (Phi) is 4.55. The van der Waals surface area contributed by atoms with E-state index in [9.17, 15) is 0 Å². The van der Waals surface area contributed by atoms with Crippen LogP contribution in [0.15, 0.2) is 29.0 Å². The molecule has 96 valence electrons. The van der Waals surface area contributed by atoms with Gasteiger partial charge in [0, 0.05) is 30.1 Å². The second kappa shape index (κ2) is 6.37. The molecule has 2 rings (SSSR count). The number of hydrogen-bond donors (Lipinski definition) is 1. The molecule has 0 bridgehead atoms. The first kappa shape index (κ1) is 12.9. The highest BCUT2D eigenvalue weighted by Gasteiger charge is 2.07. The highest BCUT2D eigenvalue weighted by Crippen LogP contribution is 2.25. The van der Waals surface area contributed by atoms with Crippen molar-refractivity contribution in [1.82, 2.24) is 15.5 Å². The van der Waals surface area contributed by atoms with Crippen LogP contribution in [0.4, 0.5) is 0 Å². The van der Waals surface area contributed by atoms with Crippen LogP contribution in [-0.4, -0.2) is 23.8 Å². The largest absolute Gasteiger partial charge is 0.496 e. The van der Waals surface area contributed by atoms with Crippen LogP contribution < -0.4 is 10.1 Å². The first-order valence-corrected chi connectivity index (χ1v) is 5.96. The van der Waals surface area contributed by atoms with Gasteiger partial charge in [0.1, 0.15) is 5.75 Å². The van der Waals surface area contributed by atoms with Crippen LogP contribution in [0.25, 0.3) is 0 Å². The normalized spacial score (nSPS) is 10.6. The molecule has 1 aromatic heterocycles. The second-order valence-electron chi connectivity index (χ2n) is 3.68. The lowest BCUT2D eigenvalue weighted by molar-refractivity contribution is 0.374. The molecule has 0 aliphatic rings. The molecule has 18 heavy (non-hydrogen) atoms. The standard InChI is InChI=1S/C12H14ClN3O2/c1-17-11-4-2-3-10(13)9(11)7-14-6-5-12-15-8-16-18-12/h2-4,8,14H,5-7H2,1H3. The summed E-state index contributed by atoms with van der Waals surface area (Å²) in [4.78, 5) is 3.94. The van der Waals surface area contributed by atoms with Crippen molar-refractivity contribution in [2.75, 3.05) is 13.7 Å². The van der Waals surface area contributed by atoms with Crippen LogP contribution in [0.1, 0.15) is 11.5 Å². The maximum absolute atomic E-state index is 6.13. The van der Waals surface area contributed by atoms with Crippen LogP contribution in [0.2, 0.25) is 5.02 Å². The van der Waals surface area contributed by atoms with Gasteiger partial charge in [-0.05, 0) is 12.1 Å². The fourth-order valence-electron chi connectivity index (χ4n) is 1.62. The molecule has 0 atom stereocenters. The minimum Gasteiger partial charge on any atom is -0.496 e. The predicted octanol–water partition coefficient (Wildman–Crippen LogP) is 2.06. The molecule has 0 unspecified atom stereocenters. The molecule has 1 N–H and O–H groups in total. The molecule has 1 aromatic carbocycles. The molecule has 2 aromatic rings. The summed E-state index contributed by atoms with van der Waals surface area (Å²) in [5, 5.41) is 7.50. The van der Waals surface area contributed by atoms with Gasteiger partial charge in [-0.2, -0.15) is 4.98 Å². The molecule has 6 heteroatoms. The van der Waals surface area contributed by atoms with Crippen molar-refractivity contribution in [2.45, 2.75) is 13.0 Å². The van der Waals surface area contributed by atoms with E-state index in [0.717, 1.165) is 17.9 Å². The van der Waals surface area contributed by atoms with Crippen molar-refractivity contribution >= 4 is 11.6 Å². The zero-order chi connectivity index (χ0) is 12.8. The fraction of sp³-hybridized carbons (Fsp3) is 0.333. The lowest BCUT2D eigenvalue weighted by Crippen LogP contribution is -2.17. The maximum atomic E-state index is 6.13. The van der Waals surface area contributed by atoms with E-state index in [0.29, 0.717) is 23.9 Å². The van der Waals surface area contributed by atoms with E-state index >= 15 is 0 Å². The summed E-state index contributed by atoms with van der Waals surface area (Å²) in [6.45, 7) is 1.37. The van der Waals surface area contributed by atoms with Crippen LogP contribution in [0.3, 0.4) is 0 Å². The van der Waals surface area contributed by atoms with E-state index in [2.05, 4.69) is 15.5 Å². The predicted molar refractivity (Wildman–Crippen MR) is 67.7 cm³/mol. The molecule has 0 amide bonds. The van der Waals surface area contributed by atoms with E-state index in [4.69, 9.17) is 20.9 Å². The summed E-state index contributed by atoms with van der Waals surface area (Å²) in [6.07, 6.45) is 2.08. The quantitative estimate of drug-likeness (QED) is 0.812. The van der Waals surface area contributed by atoms with Crippen molar-refractivity contribution in [3.8, 4) is 5.75 Å². The molecule has 0 saturated heterocycles. The van der Waals surface area contributed by atoms with E-state index < -0.39 is 0 Å². The average molecular weight is 268 g/mol. The maximum Gasteiger partial charge on any atom is 0.227 e. The third kappa shape index (κ3) is 3.21. The Morgan fingerprint density at radius 2 is 2.33 bits per heavy atom. The van der Waals surface area contributed by atoms with Crippen molar-refractivity contribution < 1.29 is 9.26 Å². The number of benzene rings is 1. The fourth-order valence-corrected chi connectivity index (χ4v) is 1.85. The van der Waals surface area contributed by atoms with Gasteiger partial charge in [-0.1, -0.05) is 22.8 Å². The zero-order valence-electron chi connectivity index (χ0n) is 10.0. The van der Waals surface area contributed by atoms with Crippen molar-refractivity contribution in [3.05, 3.63) is 41.0 Å². The summed E-state index contributed by atoms with van der Waals surface area (Å²) >= 11 is 6.13. The SMILES string of the molecule is COc1cccc(Cl)c1CNCCc1ncno1. The molecule has 0 fully saturated rings. The van der Waals surface area contributed by atoms with Gasteiger partial charge in [-0.3, -0.25) is 0 Å². The molecule has 0 radical (unpaired) electrons. The second-order valence-corrected chi connectivity index (χ2v) is 4.09. The number of aromatic nitrogens is 2. The van der Waals surface area contributed by atoms with Crippen molar-refractivity contribution in [2.24, 2.45) is 0 Å². The van der Waals surface area contributed by atoms with Gasteiger partial charge in [-0.15, -0.1) is 0 Å². The minimum atomic E-state index is 0.619. The van der Waals surface area contributed by atoms with Gasteiger partial charge in [0.05, 0.1) is 7.11 Å². The molecular weight excluding hydrogens is 254 g/mol. The lowest BCUT2D eigenvalue weighted by Gasteiger charge is -2.10. The highest BCUT2D eigenvalue weighted by atomic mass is 35.5. The Morgan fingerprint density at radius 3 is 3.06 bits per heavy atom. The number of nitrogens with zero attached hydrogens (tertiary/aromatic N) is 2. The topological polar surface area (TPSA) is 60.2 Å². The number of methoxy groups -OCH3 is 1. The Balaban J connectivity index is 1.86. The Morgan fingerprint density at radius 1 is 1.44 bits per heavy atom. The smallest absolute Gasteiger partial charge is 0.227 e. The molecule has 1 heterocycles. The monoisotopic (exact) mass is 267 g/mol. The van der Waals surface area contributed by atoms with Crippen LogP contribution in [0.5, 0.6) is 5.75 Å². The van der Waals surface area contributed by atoms with Crippen LogP contribution in [-0.2, 0) is 13.0 Å². The van der Waals surface area contributed by atoms with E-state index in [1.807, 2.05) is 18.2 Å². The van der Waals surface area contributed by atoms with E-state index in [1.165, 1.54) is 6.33 Å². The first-order valence-electron chi connectivity index (χ1n) is 5.59. The molecule has 0 aliphatic carbocycles. The Bertz CT molecular complexity index is 488. The average Bonchev–Trinajstić information content (AvgIpc) is 2.89. The summed E-state index contributed by atoms with van der Waals surface area (Å²) in [7, 11) is 1.63. The molecular formula is C12H14ClN3O2. The Labute approximate surface area is 110 Å². The van der Waals surface area contributed by atoms with Gasteiger partial charge in [0.2, 0.25) is 5.89 Å². The summed E-state index contributed by atoms with van der Waals surface area (Å²) in [5.41, 5.74) is 0.951. The molecule has 0 spiro atoms. The minimum absolute atomic E-state index is 0.619. The van der Waals surface area contributed by atoms with Gasteiger partial charge in [0.15, 0.2) is 6.33 Å². The molecule has 0 saturated carbocycles.